The van der Waals surface area contributed by atoms with Crippen molar-refractivity contribution in [1.82, 2.24) is 0 Å². The van der Waals surface area contributed by atoms with Gasteiger partial charge in [-0.2, -0.15) is 0 Å². The van der Waals surface area contributed by atoms with E-state index < -0.39 is 74.2 Å². The Morgan fingerprint density at radius 3 is 2.17 bits per heavy atom. The smallest absolute Gasteiger partial charge is 0.274 e. The molecule has 4 aliphatic carbocycles. The number of rotatable bonds is 7. The van der Waals surface area contributed by atoms with Crippen LogP contribution in [-0.4, -0.2) is 119 Å². The van der Waals surface area contributed by atoms with Crippen molar-refractivity contribution in [3.63, 3.8) is 0 Å². The number of fused-ring (bicyclic) bond motifs is 2. The predicted octanol–water partition coefficient (Wildman–Crippen LogP) is 3.94. The molecule has 54 heavy (non-hydrogen) atoms. The normalized spacial score (nSPS) is 56.9. The van der Waals surface area contributed by atoms with Crippen molar-refractivity contribution in [3.8, 4) is 0 Å². The van der Waals surface area contributed by atoms with Gasteiger partial charge in [-0.15, -0.1) is 0 Å². The quantitative estimate of drug-likeness (QED) is 0.276. The van der Waals surface area contributed by atoms with Gasteiger partial charge in [0.25, 0.3) is 6.48 Å². The highest BCUT2D eigenvalue weighted by Gasteiger charge is 2.86. The Hall–Kier alpha value is -1.20. The minimum Gasteiger partial charge on any atom is -0.490 e. The van der Waals surface area contributed by atoms with Crippen LogP contribution in [0.15, 0.2) is 24.0 Å². The van der Waals surface area contributed by atoms with Crippen LogP contribution in [0.25, 0.3) is 0 Å². The fourth-order valence-electron chi connectivity index (χ4n) is 13.0. The van der Waals surface area contributed by atoms with Gasteiger partial charge in [-0.1, -0.05) is 20.4 Å². The Labute approximate surface area is 318 Å². The summed E-state index contributed by atoms with van der Waals surface area (Å²) >= 11 is 0. The van der Waals surface area contributed by atoms with Crippen molar-refractivity contribution in [2.45, 2.75) is 197 Å². The van der Waals surface area contributed by atoms with Crippen LogP contribution in [0.1, 0.15) is 105 Å². The second-order valence-corrected chi connectivity index (χ2v) is 18.7. The van der Waals surface area contributed by atoms with Crippen molar-refractivity contribution in [1.29, 1.82) is 0 Å². The van der Waals surface area contributed by atoms with Crippen LogP contribution < -0.4 is 0 Å². The Bertz CT molecular complexity index is 1440. The Balaban J connectivity index is 0.770. The number of hydrogen-bond donors (Lipinski definition) is 4. The van der Waals surface area contributed by atoms with Crippen LogP contribution >= 0.6 is 0 Å². The molecule has 5 heterocycles. The highest BCUT2D eigenvalue weighted by atomic mass is 16.9. The summed E-state index contributed by atoms with van der Waals surface area (Å²) in [5, 5.41) is 42.2. The first-order valence-electron chi connectivity index (χ1n) is 20.7. The lowest BCUT2D eigenvalue weighted by molar-refractivity contribution is -0.430. The number of aliphatic hydroxyl groups is 4. The number of ether oxygens (including phenoxy) is 9. The summed E-state index contributed by atoms with van der Waals surface area (Å²) < 4.78 is 55.2. The molecule has 2 spiro atoms. The number of aliphatic hydroxyl groups excluding tert-OH is 4. The highest BCUT2D eigenvalue weighted by molar-refractivity contribution is 5.38. The van der Waals surface area contributed by atoms with E-state index in [1.165, 1.54) is 24.8 Å². The summed E-state index contributed by atoms with van der Waals surface area (Å²) in [5.41, 5.74) is 1.69. The lowest BCUT2D eigenvalue weighted by atomic mass is 9.44. The number of hydrogen-bond acceptors (Lipinski definition) is 13. The third-order valence-electron chi connectivity index (χ3n) is 15.9. The first-order chi connectivity index (χ1) is 25.7. The van der Waals surface area contributed by atoms with E-state index >= 15 is 0 Å². The van der Waals surface area contributed by atoms with Crippen LogP contribution in [0, 0.1) is 28.6 Å². The molecule has 20 atom stereocenters. The molecule has 0 radical (unpaired) electrons. The van der Waals surface area contributed by atoms with Gasteiger partial charge in [0.2, 0.25) is 0 Å². The van der Waals surface area contributed by atoms with Crippen molar-refractivity contribution < 1.29 is 63.1 Å². The van der Waals surface area contributed by atoms with Crippen molar-refractivity contribution >= 4 is 0 Å². The van der Waals surface area contributed by atoms with E-state index in [1.54, 1.807) is 13.8 Å². The molecule has 9 rings (SSSR count). The molecule has 0 bridgehead atoms. The van der Waals surface area contributed by atoms with Gasteiger partial charge in [-0.3, -0.25) is 4.74 Å². The van der Waals surface area contributed by atoms with E-state index in [0.717, 1.165) is 44.3 Å². The van der Waals surface area contributed by atoms with Crippen LogP contribution in [0.2, 0.25) is 0 Å². The van der Waals surface area contributed by atoms with Gasteiger partial charge in [0.15, 0.2) is 18.9 Å². The molecular formula is C41H62O13. The fourth-order valence-corrected chi connectivity index (χ4v) is 13.0. The largest absolute Gasteiger partial charge is 0.490 e. The second kappa shape index (κ2) is 13.7. The molecule has 9 aliphatic rings. The summed E-state index contributed by atoms with van der Waals surface area (Å²) in [6, 6.07) is 0. The molecule has 0 amide bonds. The highest BCUT2D eigenvalue weighted by Crippen LogP contribution is 2.81. The number of allylic oxidation sites excluding steroid dienone is 1. The SMILES string of the molecule is C=C1C=C([C@H]2CCC34O[C@@]35CC[C@H]3C[C@@H](O[C@@H]6O[C@H](C)[C@@H](O[C@H]7C[C@H](O)[C@H](O[C@H]8C[C@@H](O)[C@H](O)[C@@H](C)O8)[C@@H](C)O7)[C@@H](O)O6)CC[C@]3(C)[C@H]5CC[C@]24C)CO1. The first-order valence-corrected chi connectivity index (χ1v) is 20.7. The van der Waals surface area contributed by atoms with Crippen molar-refractivity contribution in [3.05, 3.63) is 24.0 Å². The van der Waals surface area contributed by atoms with E-state index in [0.29, 0.717) is 24.4 Å². The maximum absolute atomic E-state index is 11.1. The van der Waals surface area contributed by atoms with Crippen LogP contribution in [-0.2, 0) is 42.6 Å². The van der Waals surface area contributed by atoms with Gasteiger partial charge >= 0.3 is 0 Å². The molecule has 5 aliphatic heterocycles. The summed E-state index contributed by atoms with van der Waals surface area (Å²) in [7, 11) is 0. The van der Waals surface area contributed by atoms with E-state index in [2.05, 4.69) is 26.5 Å². The van der Waals surface area contributed by atoms with Gasteiger partial charge in [-0.25, -0.2) is 0 Å². The Morgan fingerprint density at radius 2 is 1.46 bits per heavy atom. The molecule has 1 unspecified atom stereocenters. The lowest BCUT2D eigenvalue weighted by Gasteiger charge is -2.58. The Kier molecular flexibility index (Phi) is 9.72. The van der Waals surface area contributed by atoms with Crippen molar-refractivity contribution in [2.75, 3.05) is 6.61 Å². The molecule has 0 aromatic carbocycles. The van der Waals surface area contributed by atoms with Crippen LogP contribution in [0.5, 0.6) is 0 Å². The molecule has 0 aromatic rings. The zero-order valence-corrected chi connectivity index (χ0v) is 32.5. The van der Waals surface area contributed by atoms with Gasteiger partial charge in [0.05, 0.1) is 36.6 Å². The minimum absolute atomic E-state index is 0.0186. The average Bonchev–Trinajstić information content (AvgIpc) is 3.43. The fraction of sp³-hybridized carbons (Fsp3) is 0.902. The van der Waals surface area contributed by atoms with E-state index in [9.17, 15) is 20.4 Å². The second-order valence-electron chi connectivity index (χ2n) is 18.7. The third kappa shape index (κ3) is 5.93. The summed E-state index contributed by atoms with van der Waals surface area (Å²) in [5.74, 6) is 2.35. The summed E-state index contributed by atoms with van der Waals surface area (Å²) in [4.78, 5) is 0. The maximum Gasteiger partial charge on any atom is 0.274 e. The van der Waals surface area contributed by atoms with Crippen LogP contribution in [0.3, 0.4) is 0 Å². The molecule has 304 valence electrons. The molecule has 8 fully saturated rings. The van der Waals surface area contributed by atoms with Gasteiger partial charge in [0.1, 0.15) is 41.9 Å². The average molecular weight is 763 g/mol. The van der Waals surface area contributed by atoms with Crippen molar-refractivity contribution in [2.24, 2.45) is 28.6 Å². The molecule has 0 aromatic heterocycles. The molecule has 4 saturated heterocycles. The third-order valence-corrected chi connectivity index (χ3v) is 15.9. The number of epoxide rings is 1. The molecular weight excluding hydrogens is 700 g/mol. The first kappa shape index (κ1) is 38.3. The predicted molar refractivity (Wildman–Crippen MR) is 190 cm³/mol. The molecule has 4 N–H and O–H groups in total. The molecule has 4 saturated carbocycles. The summed E-state index contributed by atoms with van der Waals surface area (Å²) in [6.45, 7) is 13.9. The van der Waals surface area contributed by atoms with Gasteiger partial charge in [-0.05, 0) is 113 Å². The topological polar surface area (TPSA) is 167 Å². The Morgan fingerprint density at radius 1 is 0.741 bits per heavy atom. The van der Waals surface area contributed by atoms with E-state index in [4.69, 9.17) is 42.6 Å². The maximum atomic E-state index is 11.1. The molecule has 13 heteroatoms. The molecule has 13 nitrogen and oxygen atoms in total. The van der Waals surface area contributed by atoms with Gasteiger partial charge < -0.3 is 58.3 Å². The standard InChI is InChI=1S/C41H62O13/c1-20-15-24(19-46-20)27-9-14-41-39(27,6)12-10-30-38(5)11-8-26(16-25(38)7-13-40(30,41)54-41)50-37-49-23(4)35(36(45)53-37)52-32-18-29(43)34(22(3)48-32)51-31-17-28(42)33(44)21(2)47-31/h15,21-23,25-37,42-45H,1,7-14,16-19H2,2-6H3/t21-,22-,23-,25+,26+,27-,28-,29+,30-,31+,32+,33-,34-,35-,36+,37+,38+,39-,40-,41?/m1/s1. The lowest BCUT2D eigenvalue weighted by Crippen LogP contribution is -2.59. The van der Waals surface area contributed by atoms with E-state index in [1.807, 2.05) is 6.92 Å². The van der Waals surface area contributed by atoms with Crippen LogP contribution in [0.4, 0.5) is 0 Å². The monoisotopic (exact) mass is 762 g/mol. The zero-order chi connectivity index (χ0) is 37.9. The summed E-state index contributed by atoms with van der Waals surface area (Å²) in [6.07, 6.45) is 2.79. The van der Waals surface area contributed by atoms with E-state index in [-0.39, 0.29) is 41.0 Å². The zero-order valence-electron chi connectivity index (χ0n) is 32.5. The van der Waals surface area contributed by atoms with Gasteiger partial charge in [0, 0.05) is 18.3 Å². The minimum atomic E-state index is -1.32.